The van der Waals surface area contributed by atoms with E-state index < -0.39 is 18.1 Å². The summed E-state index contributed by atoms with van der Waals surface area (Å²) in [6, 6.07) is 7.01. The summed E-state index contributed by atoms with van der Waals surface area (Å²) >= 11 is 0. The van der Waals surface area contributed by atoms with Crippen molar-refractivity contribution in [1.82, 2.24) is 0 Å². The number of anilines is 1. The quantitative estimate of drug-likeness (QED) is 0.902. The number of benzene rings is 1. The fourth-order valence-corrected chi connectivity index (χ4v) is 3.80. The summed E-state index contributed by atoms with van der Waals surface area (Å²) in [6.07, 6.45) is 6.31. The van der Waals surface area contributed by atoms with E-state index in [4.69, 9.17) is 10.5 Å². The van der Waals surface area contributed by atoms with Gasteiger partial charge in [0.25, 0.3) is 5.91 Å². The van der Waals surface area contributed by atoms with E-state index in [2.05, 4.69) is 0 Å². The lowest BCUT2D eigenvalue weighted by Crippen LogP contribution is -2.50. The number of ether oxygens (including phenoxy) is 1. The van der Waals surface area contributed by atoms with Crippen LogP contribution in [-0.2, 0) is 20.7 Å². The molecule has 0 saturated heterocycles. The van der Waals surface area contributed by atoms with Crippen molar-refractivity contribution in [3.63, 3.8) is 0 Å². The molecule has 1 aromatic rings. The minimum atomic E-state index is -0.612. The first-order valence-corrected chi connectivity index (χ1v) is 8.97. The molecule has 1 aromatic carbocycles. The second kappa shape index (κ2) is 7.34. The molecule has 0 aromatic heterocycles. The van der Waals surface area contributed by atoms with Gasteiger partial charge in [-0.3, -0.25) is 14.5 Å². The minimum absolute atomic E-state index is 0.142. The molecule has 24 heavy (non-hydrogen) atoms. The number of fused-ring (bicyclic) bond motifs is 1. The Labute approximate surface area is 143 Å². The van der Waals surface area contributed by atoms with Crippen molar-refractivity contribution >= 4 is 17.5 Å². The molecule has 1 fully saturated rings. The fraction of sp³-hybridized carbons (Fsp3) is 0.579. The SMILES string of the molecule is CCC(OC1CCCCC1)C(=O)N1c2ccccc2C[C@H]1C(N)=O. The van der Waals surface area contributed by atoms with Crippen molar-refractivity contribution in [3.05, 3.63) is 29.8 Å². The fourth-order valence-electron chi connectivity index (χ4n) is 3.80. The van der Waals surface area contributed by atoms with E-state index in [-0.39, 0.29) is 12.0 Å². The molecule has 0 bridgehead atoms. The summed E-state index contributed by atoms with van der Waals surface area (Å²) in [5, 5.41) is 0. The van der Waals surface area contributed by atoms with Crippen molar-refractivity contribution in [3.8, 4) is 0 Å². The summed E-state index contributed by atoms with van der Waals surface area (Å²) < 4.78 is 6.11. The third-order valence-corrected chi connectivity index (χ3v) is 5.10. The average Bonchev–Trinajstić information content (AvgIpc) is 3.00. The van der Waals surface area contributed by atoms with Gasteiger partial charge in [-0.25, -0.2) is 0 Å². The largest absolute Gasteiger partial charge is 0.368 e. The maximum atomic E-state index is 13.1. The van der Waals surface area contributed by atoms with Crippen LogP contribution < -0.4 is 10.6 Å². The van der Waals surface area contributed by atoms with Gasteiger partial charge >= 0.3 is 0 Å². The van der Waals surface area contributed by atoms with Crippen LogP contribution in [0.2, 0.25) is 0 Å². The van der Waals surface area contributed by atoms with Crippen LogP contribution in [0.15, 0.2) is 24.3 Å². The van der Waals surface area contributed by atoms with E-state index in [0.717, 1.165) is 36.9 Å². The molecule has 1 heterocycles. The molecule has 2 aliphatic rings. The molecule has 2 N–H and O–H groups in total. The number of primary amides is 1. The van der Waals surface area contributed by atoms with Crippen molar-refractivity contribution in [2.24, 2.45) is 5.73 Å². The number of carbonyl (C=O) groups excluding carboxylic acids is 2. The number of hydrogen-bond acceptors (Lipinski definition) is 3. The summed E-state index contributed by atoms with van der Waals surface area (Å²) in [6.45, 7) is 1.95. The van der Waals surface area contributed by atoms with Crippen LogP contribution in [-0.4, -0.2) is 30.1 Å². The first-order valence-electron chi connectivity index (χ1n) is 8.97. The molecular formula is C19H26N2O3. The van der Waals surface area contributed by atoms with E-state index in [1.165, 1.54) is 6.42 Å². The molecule has 5 nitrogen and oxygen atoms in total. The van der Waals surface area contributed by atoms with Crippen molar-refractivity contribution in [1.29, 1.82) is 0 Å². The lowest BCUT2D eigenvalue weighted by atomic mass is 9.97. The van der Waals surface area contributed by atoms with Crippen LogP contribution in [0.3, 0.4) is 0 Å². The Hall–Kier alpha value is -1.88. The van der Waals surface area contributed by atoms with Gasteiger partial charge in [0, 0.05) is 12.1 Å². The Bertz CT molecular complexity index is 610. The molecule has 1 aliphatic carbocycles. The second-order valence-electron chi connectivity index (χ2n) is 6.75. The highest BCUT2D eigenvalue weighted by Crippen LogP contribution is 2.33. The van der Waals surface area contributed by atoms with E-state index in [0.29, 0.717) is 12.8 Å². The number of amides is 2. The maximum absolute atomic E-state index is 13.1. The Morgan fingerprint density at radius 3 is 2.62 bits per heavy atom. The molecule has 1 saturated carbocycles. The van der Waals surface area contributed by atoms with Crippen LogP contribution in [0.4, 0.5) is 5.69 Å². The third-order valence-electron chi connectivity index (χ3n) is 5.10. The highest BCUT2D eigenvalue weighted by atomic mass is 16.5. The van der Waals surface area contributed by atoms with E-state index in [1.807, 2.05) is 31.2 Å². The van der Waals surface area contributed by atoms with Crippen LogP contribution >= 0.6 is 0 Å². The van der Waals surface area contributed by atoms with Crippen LogP contribution in [0, 0.1) is 0 Å². The third kappa shape index (κ3) is 3.31. The Morgan fingerprint density at radius 1 is 1.25 bits per heavy atom. The molecule has 130 valence electrons. The zero-order valence-electron chi connectivity index (χ0n) is 14.2. The lowest BCUT2D eigenvalue weighted by molar-refractivity contribution is -0.137. The number of nitrogens with zero attached hydrogens (tertiary/aromatic N) is 1. The van der Waals surface area contributed by atoms with Crippen molar-refractivity contribution < 1.29 is 14.3 Å². The first kappa shape index (κ1) is 17.0. The smallest absolute Gasteiger partial charge is 0.256 e. The van der Waals surface area contributed by atoms with Crippen LogP contribution in [0.1, 0.15) is 51.0 Å². The number of para-hydroxylation sites is 1. The predicted octanol–water partition coefficient (Wildman–Crippen LogP) is 2.56. The Kier molecular flexibility index (Phi) is 5.19. The monoisotopic (exact) mass is 330 g/mol. The van der Waals surface area contributed by atoms with Gasteiger partial charge in [-0.1, -0.05) is 44.4 Å². The van der Waals surface area contributed by atoms with Gasteiger partial charge in [-0.15, -0.1) is 0 Å². The number of rotatable bonds is 5. The molecule has 2 atom stereocenters. The van der Waals surface area contributed by atoms with Gasteiger partial charge in [0.1, 0.15) is 12.1 Å². The average molecular weight is 330 g/mol. The maximum Gasteiger partial charge on any atom is 0.256 e. The molecule has 1 aliphatic heterocycles. The molecule has 5 heteroatoms. The Balaban J connectivity index is 1.80. The highest BCUT2D eigenvalue weighted by Gasteiger charge is 2.40. The molecule has 2 amide bonds. The summed E-state index contributed by atoms with van der Waals surface area (Å²) in [7, 11) is 0. The van der Waals surface area contributed by atoms with Crippen molar-refractivity contribution in [2.75, 3.05) is 4.90 Å². The minimum Gasteiger partial charge on any atom is -0.368 e. The van der Waals surface area contributed by atoms with Gasteiger partial charge in [0.05, 0.1) is 6.10 Å². The van der Waals surface area contributed by atoms with Gasteiger partial charge in [-0.2, -0.15) is 0 Å². The Morgan fingerprint density at radius 2 is 1.96 bits per heavy atom. The number of carbonyl (C=O) groups is 2. The van der Waals surface area contributed by atoms with Crippen LogP contribution in [0.5, 0.6) is 0 Å². The standard InChI is InChI=1S/C19H26N2O3/c1-2-17(24-14-9-4-3-5-10-14)19(23)21-15-11-7-6-8-13(15)12-16(21)18(20)22/h6-8,11,14,16-17H,2-5,9-10,12H2,1H3,(H2,20,22)/t16-,17?/m0/s1. The van der Waals surface area contributed by atoms with Gasteiger partial charge in [0.15, 0.2) is 0 Å². The van der Waals surface area contributed by atoms with E-state index in [9.17, 15) is 9.59 Å². The van der Waals surface area contributed by atoms with Gasteiger partial charge < -0.3 is 10.5 Å². The molecule has 0 spiro atoms. The number of hydrogen-bond donors (Lipinski definition) is 1. The number of nitrogens with two attached hydrogens (primary N) is 1. The van der Waals surface area contributed by atoms with E-state index in [1.54, 1.807) is 4.90 Å². The van der Waals surface area contributed by atoms with Gasteiger partial charge in [0.2, 0.25) is 5.91 Å². The zero-order chi connectivity index (χ0) is 17.1. The lowest BCUT2D eigenvalue weighted by Gasteiger charge is -2.31. The molecular weight excluding hydrogens is 304 g/mol. The van der Waals surface area contributed by atoms with Crippen molar-refractivity contribution in [2.45, 2.75) is 70.1 Å². The first-order chi connectivity index (χ1) is 11.6. The second-order valence-corrected chi connectivity index (χ2v) is 6.75. The normalized spacial score (nSPS) is 22.2. The molecule has 3 rings (SSSR count). The molecule has 1 unspecified atom stereocenters. The summed E-state index contributed by atoms with van der Waals surface area (Å²) in [5.74, 6) is -0.608. The highest BCUT2D eigenvalue weighted by molar-refractivity contribution is 6.05. The van der Waals surface area contributed by atoms with E-state index >= 15 is 0 Å². The zero-order valence-corrected chi connectivity index (χ0v) is 14.2. The molecule has 0 radical (unpaired) electrons. The van der Waals surface area contributed by atoms with Gasteiger partial charge in [-0.05, 0) is 30.9 Å². The predicted molar refractivity (Wildman–Crippen MR) is 92.7 cm³/mol. The summed E-state index contributed by atoms with van der Waals surface area (Å²) in [4.78, 5) is 26.6. The topological polar surface area (TPSA) is 72.6 Å². The summed E-state index contributed by atoms with van der Waals surface area (Å²) in [5.41, 5.74) is 7.33. The van der Waals surface area contributed by atoms with Crippen LogP contribution in [0.25, 0.3) is 0 Å².